The summed E-state index contributed by atoms with van der Waals surface area (Å²) in [6.45, 7) is 8.51. The molecule has 0 aliphatic rings. The first-order chi connectivity index (χ1) is 6.37. The first-order valence-corrected chi connectivity index (χ1v) is 5.35. The monoisotopic (exact) mass is 221 g/mol. The van der Waals surface area contributed by atoms with Gasteiger partial charge in [0.05, 0.1) is 6.10 Å². The third-order valence-electron chi connectivity index (χ3n) is 1.67. The molecule has 0 aromatic carbocycles. The lowest BCUT2D eigenvalue weighted by molar-refractivity contribution is -0.127. The van der Waals surface area contributed by atoms with Crippen LogP contribution in [0.2, 0.25) is 0 Å². The van der Waals surface area contributed by atoms with Gasteiger partial charge in [0.15, 0.2) is 0 Å². The summed E-state index contributed by atoms with van der Waals surface area (Å²) < 4.78 is 5.16. The fourth-order valence-corrected chi connectivity index (χ4v) is 0.773. The highest BCUT2D eigenvalue weighted by Crippen LogP contribution is 2.14. The Hall–Kier alpha value is -0.280. The van der Waals surface area contributed by atoms with Crippen molar-refractivity contribution in [2.24, 2.45) is 5.41 Å². The van der Waals surface area contributed by atoms with Gasteiger partial charge >= 0.3 is 0 Å². The highest BCUT2D eigenvalue weighted by molar-refractivity contribution is 6.18. The number of nitrogens with one attached hydrogen (secondary N) is 1. The van der Waals surface area contributed by atoms with Gasteiger partial charge in [-0.1, -0.05) is 13.8 Å². The Morgan fingerprint density at radius 3 is 2.50 bits per heavy atom. The summed E-state index contributed by atoms with van der Waals surface area (Å²) in [6.07, 6.45) is 0.0850. The van der Waals surface area contributed by atoms with E-state index in [2.05, 4.69) is 5.32 Å². The molecule has 0 bridgehead atoms. The number of hydrogen-bond acceptors (Lipinski definition) is 2. The lowest BCUT2D eigenvalue weighted by Crippen LogP contribution is -2.37. The molecular weight excluding hydrogens is 202 g/mol. The summed E-state index contributed by atoms with van der Waals surface area (Å²) in [6, 6.07) is 0. The van der Waals surface area contributed by atoms with Crippen LogP contribution in [-0.2, 0) is 9.53 Å². The van der Waals surface area contributed by atoms with E-state index in [0.29, 0.717) is 12.4 Å². The fourth-order valence-electron chi connectivity index (χ4n) is 0.678. The molecule has 0 saturated heterocycles. The molecule has 0 spiro atoms. The van der Waals surface area contributed by atoms with Crippen LogP contribution >= 0.6 is 11.6 Å². The summed E-state index contributed by atoms with van der Waals surface area (Å²) in [5, 5.41) is 2.78. The molecule has 0 aliphatic carbocycles. The van der Waals surface area contributed by atoms with Gasteiger partial charge in [-0.2, -0.15) is 0 Å². The van der Waals surface area contributed by atoms with Gasteiger partial charge in [-0.3, -0.25) is 4.79 Å². The third-order valence-corrected chi connectivity index (χ3v) is 2.40. The number of amides is 1. The second kappa shape index (κ2) is 6.25. The van der Waals surface area contributed by atoms with Crippen molar-refractivity contribution in [3.63, 3.8) is 0 Å². The van der Waals surface area contributed by atoms with Crippen molar-refractivity contribution in [1.29, 1.82) is 0 Å². The van der Waals surface area contributed by atoms with Crippen LogP contribution in [0, 0.1) is 5.41 Å². The van der Waals surface area contributed by atoms with Gasteiger partial charge in [0.2, 0.25) is 5.91 Å². The van der Waals surface area contributed by atoms with Gasteiger partial charge in [-0.15, -0.1) is 11.6 Å². The van der Waals surface area contributed by atoms with Gasteiger partial charge in [0.1, 0.15) is 6.61 Å². The lowest BCUT2D eigenvalue weighted by atomic mass is 9.97. The topological polar surface area (TPSA) is 38.3 Å². The van der Waals surface area contributed by atoms with Gasteiger partial charge in [-0.25, -0.2) is 0 Å². The zero-order chi connectivity index (χ0) is 11.2. The van der Waals surface area contributed by atoms with Crippen molar-refractivity contribution in [2.75, 3.05) is 19.0 Å². The fraction of sp³-hybridized carbons (Fsp3) is 0.900. The first-order valence-electron chi connectivity index (χ1n) is 4.81. The molecular formula is C10H20ClNO2. The van der Waals surface area contributed by atoms with E-state index < -0.39 is 0 Å². The molecule has 0 aromatic rings. The van der Waals surface area contributed by atoms with E-state index in [4.69, 9.17) is 16.3 Å². The van der Waals surface area contributed by atoms with Crippen LogP contribution in [0.4, 0.5) is 0 Å². The Kier molecular flexibility index (Phi) is 6.12. The summed E-state index contributed by atoms with van der Waals surface area (Å²) in [7, 11) is 0. The normalized spacial score (nSPS) is 11.9. The number of carbonyl (C=O) groups is 1. The molecule has 0 radical (unpaired) electrons. The maximum Gasteiger partial charge on any atom is 0.246 e. The van der Waals surface area contributed by atoms with Crippen molar-refractivity contribution >= 4 is 17.5 Å². The summed E-state index contributed by atoms with van der Waals surface area (Å²) in [5.41, 5.74) is -0.0605. The molecule has 0 atom stereocenters. The highest BCUT2D eigenvalue weighted by atomic mass is 35.5. The van der Waals surface area contributed by atoms with E-state index in [0.717, 1.165) is 0 Å². The molecule has 0 rings (SSSR count). The molecule has 0 fully saturated rings. The minimum Gasteiger partial charge on any atom is -0.369 e. The second-order valence-electron chi connectivity index (χ2n) is 4.43. The van der Waals surface area contributed by atoms with E-state index in [-0.39, 0.29) is 24.0 Å². The zero-order valence-electron chi connectivity index (χ0n) is 9.39. The van der Waals surface area contributed by atoms with Crippen molar-refractivity contribution < 1.29 is 9.53 Å². The van der Waals surface area contributed by atoms with E-state index in [9.17, 15) is 4.79 Å². The van der Waals surface area contributed by atoms with Crippen LogP contribution in [0.1, 0.15) is 27.7 Å². The largest absolute Gasteiger partial charge is 0.369 e. The smallest absolute Gasteiger partial charge is 0.246 e. The van der Waals surface area contributed by atoms with E-state index >= 15 is 0 Å². The zero-order valence-corrected chi connectivity index (χ0v) is 10.1. The standard InChI is InChI=1S/C10H20ClNO2/c1-8(2)14-5-9(13)12-7-10(3,4)6-11/h8H,5-7H2,1-4H3,(H,12,13). The van der Waals surface area contributed by atoms with Gasteiger partial charge in [0, 0.05) is 12.4 Å². The average molecular weight is 222 g/mol. The number of halogens is 1. The number of carbonyl (C=O) groups excluding carboxylic acids is 1. The van der Waals surface area contributed by atoms with E-state index in [1.807, 2.05) is 27.7 Å². The Labute approximate surface area is 91.2 Å². The molecule has 1 N–H and O–H groups in total. The van der Waals surface area contributed by atoms with Crippen molar-refractivity contribution in [2.45, 2.75) is 33.8 Å². The minimum absolute atomic E-state index is 0.0605. The summed E-state index contributed by atoms with van der Waals surface area (Å²) in [4.78, 5) is 11.2. The maximum absolute atomic E-state index is 11.2. The van der Waals surface area contributed by atoms with Crippen LogP contribution in [0.5, 0.6) is 0 Å². The highest BCUT2D eigenvalue weighted by Gasteiger charge is 2.17. The van der Waals surface area contributed by atoms with Crippen LogP contribution in [-0.4, -0.2) is 31.0 Å². The van der Waals surface area contributed by atoms with Gasteiger partial charge in [0.25, 0.3) is 0 Å². The Morgan fingerprint density at radius 2 is 2.07 bits per heavy atom. The number of ether oxygens (including phenoxy) is 1. The summed E-state index contributed by atoms with van der Waals surface area (Å²) >= 11 is 5.72. The summed E-state index contributed by atoms with van der Waals surface area (Å²) in [5.74, 6) is 0.440. The quantitative estimate of drug-likeness (QED) is 0.695. The van der Waals surface area contributed by atoms with Gasteiger partial charge in [-0.05, 0) is 19.3 Å². The third kappa shape index (κ3) is 7.15. The number of rotatable bonds is 6. The number of alkyl halides is 1. The average Bonchev–Trinajstić information content (AvgIpc) is 2.11. The van der Waals surface area contributed by atoms with Crippen LogP contribution in [0.15, 0.2) is 0 Å². The van der Waals surface area contributed by atoms with Crippen molar-refractivity contribution in [3.05, 3.63) is 0 Å². The molecule has 4 heteroatoms. The predicted octanol–water partition coefficient (Wildman–Crippen LogP) is 1.79. The molecule has 3 nitrogen and oxygen atoms in total. The molecule has 84 valence electrons. The van der Waals surface area contributed by atoms with Crippen molar-refractivity contribution in [3.8, 4) is 0 Å². The van der Waals surface area contributed by atoms with Crippen LogP contribution < -0.4 is 5.32 Å². The second-order valence-corrected chi connectivity index (χ2v) is 4.70. The molecule has 0 heterocycles. The van der Waals surface area contributed by atoms with Crippen molar-refractivity contribution in [1.82, 2.24) is 5.32 Å². The van der Waals surface area contributed by atoms with Crippen LogP contribution in [0.25, 0.3) is 0 Å². The van der Waals surface area contributed by atoms with Gasteiger partial charge < -0.3 is 10.1 Å². The SMILES string of the molecule is CC(C)OCC(=O)NCC(C)(C)CCl. The molecule has 0 aromatic heterocycles. The molecule has 0 aliphatic heterocycles. The maximum atomic E-state index is 11.2. The number of hydrogen-bond donors (Lipinski definition) is 1. The Bertz CT molecular complexity index is 181. The Morgan fingerprint density at radius 1 is 1.50 bits per heavy atom. The predicted molar refractivity (Wildman–Crippen MR) is 58.6 cm³/mol. The lowest BCUT2D eigenvalue weighted by Gasteiger charge is -2.21. The Balaban J connectivity index is 3.64. The first kappa shape index (κ1) is 13.7. The minimum atomic E-state index is -0.0862. The van der Waals surface area contributed by atoms with E-state index in [1.165, 1.54) is 0 Å². The molecule has 14 heavy (non-hydrogen) atoms. The van der Waals surface area contributed by atoms with E-state index in [1.54, 1.807) is 0 Å². The molecule has 1 amide bonds. The van der Waals surface area contributed by atoms with Crippen LogP contribution in [0.3, 0.4) is 0 Å². The molecule has 0 unspecified atom stereocenters. The molecule has 0 saturated carbocycles.